The molecule has 2 aliphatic heterocycles. The van der Waals surface area contributed by atoms with Crippen molar-refractivity contribution >= 4 is 40.5 Å². The number of aliphatic hydroxyl groups excluding tert-OH is 1. The van der Waals surface area contributed by atoms with Gasteiger partial charge in [0, 0.05) is 17.8 Å². The minimum Gasteiger partial charge on any atom is -0.391 e. The summed E-state index contributed by atoms with van der Waals surface area (Å²) in [5.41, 5.74) is 4.47. The van der Waals surface area contributed by atoms with Crippen LogP contribution >= 0.6 is 22.9 Å². The van der Waals surface area contributed by atoms with Crippen LogP contribution in [0.5, 0.6) is 0 Å². The second-order valence-electron chi connectivity index (χ2n) is 10.4. The second-order valence-corrected chi connectivity index (χ2v) is 12.1. The smallest absolute Gasteiger partial charge is 0.277 e. The number of thiazole rings is 1. The predicted octanol–water partition coefficient (Wildman–Crippen LogP) is 4.03. The maximum Gasteiger partial charge on any atom is 0.277 e. The van der Waals surface area contributed by atoms with Gasteiger partial charge in [-0.1, -0.05) is 38.1 Å². The van der Waals surface area contributed by atoms with Gasteiger partial charge in [-0.25, -0.2) is 4.98 Å². The Morgan fingerprint density at radius 2 is 1.97 bits per heavy atom. The van der Waals surface area contributed by atoms with Crippen LogP contribution in [0.25, 0.3) is 10.4 Å². The number of carbonyl (C=O) groups excluding carboxylic acids is 2. The summed E-state index contributed by atoms with van der Waals surface area (Å²) in [5.74, 6) is -0.267. The molecule has 4 heterocycles. The molecule has 8 nitrogen and oxygen atoms in total. The molecule has 2 aromatic heterocycles. The number of carbonyl (C=O) groups is 2. The quantitative estimate of drug-likeness (QED) is 0.492. The van der Waals surface area contributed by atoms with Gasteiger partial charge in [0.2, 0.25) is 5.91 Å². The summed E-state index contributed by atoms with van der Waals surface area (Å²) < 4.78 is 4.37. The van der Waals surface area contributed by atoms with E-state index in [2.05, 4.69) is 19.7 Å². The summed E-state index contributed by atoms with van der Waals surface area (Å²) in [7, 11) is 0. The van der Waals surface area contributed by atoms with E-state index in [-0.39, 0.29) is 30.2 Å². The van der Waals surface area contributed by atoms with Crippen molar-refractivity contribution in [3.05, 3.63) is 57.7 Å². The Kier molecular flexibility index (Phi) is 6.76. The third-order valence-corrected chi connectivity index (χ3v) is 9.20. The molecule has 10 heteroatoms. The van der Waals surface area contributed by atoms with Crippen LogP contribution in [-0.2, 0) is 15.1 Å². The number of hydrogen-bond acceptors (Lipinski definition) is 8. The summed E-state index contributed by atoms with van der Waals surface area (Å²) in [6.07, 6.45) is -0.352. The zero-order valence-electron chi connectivity index (χ0n) is 21.6. The van der Waals surface area contributed by atoms with Gasteiger partial charge in [0.15, 0.2) is 0 Å². The van der Waals surface area contributed by atoms with Crippen LogP contribution in [-0.4, -0.2) is 55.7 Å². The molecule has 2 aliphatic rings. The van der Waals surface area contributed by atoms with Gasteiger partial charge in [-0.15, -0.1) is 11.3 Å². The van der Waals surface area contributed by atoms with E-state index in [1.807, 2.05) is 70.5 Å². The molecule has 1 aromatic carbocycles. The summed E-state index contributed by atoms with van der Waals surface area (Å²) in [6.45, 7) is 9.95. The third kappa shape index (κ3) is 4.62. The minimum atomic E-state index is -1.05. The molecule has 2 unspecified atom stereocenters. The van der Waals surface area contributed by atoms with Crippen molar-refractivity contribution in [3.63, 3.8) is 0 Å². The number of aryl methyl sites for hydroxylation is 2. The molecular formula is C27H31N5O3S2. The summed E-state index contributed by atoms with van der Waals surface area (Å²) in [6, 6.07) is 9.32. The van der Waals surface area contributed by atoms with Gasteiger partial charge in [0.25, 0.3) is 5.91 Å². The maximum absolute atomic E-state index is 13.8. The van der Waals surface area contributed by atoms with Crippen molar-refractivity contribution in [3.8, 4) is 10.4 Å². The largest absolute Gasteiger partial charge is 0.391 e. The van der Waals surface area contributed by atoms with E-state index >= 15 is 0 Å². The van der Waals surface area contributed by atoms with Crippen LogP contribution in [0.1, 0.15) is 54.9 Å². The molecule has 1 saturated heterocycles. The fraction of sp³-hybridized carbons (Fsp3) is 0.444. The number of benzene rings is 1. The lowest BCUT2D eigenvalue weighted by Crippen LogP contribution is -2.51. The average Bonchev–Trinajstić information content (AvgIpc) is 3.62. The Bertz CT molecular complexity index is 1360. The fourth-order valence-corrected chi connectivity index (χ4v) is 7.03. The van der Waals surface area contributed by atoms with E-state index in [4.69, 9.17) is 0 Å². The zero-order chi connectivity index (χ0) is 26.5. The number of aliphatic imine (C=N–C) groups is 1. The van der Waals surface area contributed by atoms with Crippen molar-refractivity contribution in [2.24, 2.45) is 10.9 Å². The topological polar surface area (TPSA) is 108 Å². The van der Waals surface area contributed by atoms with Crippen LogP contribution < -0.4 is 5.32 Å². The zero-order valence-corrected chi connectivity index (χ0v) is 23.2. The number of likely N-dealkylation sites (tertiary alicyclic amines) is 1. The predicted molar refractivity (Wildman–Crippen MR) is 146 cm³/mol. The lowest BCUT2D eigenvalue weighted by atomic mass is 9.90. The van der Waals surface area contributed by atoms with Crippen LogP contribution in [0.15, 0.2) is 40.8 Å². The Balaban J connectivity index is 1.39. The van der Waals surface area contributed by atoms with Crippen molar-refractivity contribution < 1.29 is 14.7 Å². The average molecular weight is 538 g/mol. The van der Waals surface area contributed by atoms with Crippen molar-refractivity contribution in [1.29, 1.82) is 0 Å². The van der Waals surface area contributed by atoms with Crippen LogP contribution in [0.4, 0.5) is 0 Å². The van der Waals surface area contributed by atoms with Crippen molar-refractivity contribution in [2.75, 3.05) is 6.54 Å². The molecule has 0 saturated carbocycles. The molecule has 194 valence electrons. The fourth-order valence-electron chi connectivity index (χ4n) is 5.21. The number of rotatable bonds is 6. The van der Waals surface area contributed by atoms with Crippen LogP contribution in [0.2, 0.25) is 0 Å². The molecule has 1 fully saturated rings. The van der Waals surface area contributed by atoms with Gasteiger partial charge in [-0.2, -0.15) is 9.37 Å². The standard InChI is InChI=1S/C27H31N5O3S2/c1-14(2)22(21-10-15(3)31-37-21)25(34)32-12-19(33)11-20(32)24-29-26(35)27(5,30-24)18-8-6-17(7-9-18)23-16(4)28-13-36-23/h6-10,13-14,19-20,22,33H,11-12H2,1-5H3,(H,29,30,35)/t19-,20+,22?,27?/m1/s1. The maximum atomic E-state index is 13.8. The van der Waals surface area contributed by atoms with E-state index in [0.717, 1.165) is 32.3 Å². The Morgan fingerprint density at radius 3 is 2.57 bits per heavy atom. The number of amides is 2. The first-order valence-corrected chi connectivity index (χ1v) is 14.1. The highest BCUT2D eigenvalue weighted by Gasteiger charge is 2.48. The van der Waals surface area contributed by atoms with E-state index in [9.17, 15) is 14.7 Å². The monoisotopic (exact) mass is 537 g/mol. The van der Waals surface area contributed by atoms with Gasteiger partial charge in [0.05, 0.1) is 39.8 Å². The lowest BCUT2D eigenvalue weighted by Gasteiger charge is -2.31. The Hall–Kier alpha value is -2.95. The number of aromatic nitrogens is 2. The molecule has 2 N–H and O–H groups in total. The molecule has 2 amide bonds. The first kappa shape index (κ1) is 25.7. The minimum absolute atomic E-state index is 0.0526. The van der Waals surface area contributed by atoms with Gasteiger partial charge < -0.3 is 15.3 Å². The van der Waals surface area contributed by atoms with E-state index in [1.165, 1.54) is 11.5 Å². The molecule has 5 rings (SSSR count). The number of amidine groups is 1. The van der Waals surface area contributed by atoms with Crippen LogP contribution in [0, 0.1) is 19.8 Å². The Morgan fingerprint density at radius 1 is 1.24 bits per heavy atom. The molecule has 0 aliphatic carbocycles. The highest BCUT2D eigenvalue weighted by atomic mass is 32.1. The highest BCUT2D eigenvalue weighted by Crippen LogP contribution is 2.36. The number of β-amino-alcohol motifs (C(OH)–C–C–N with tert-alkyl or cyclic N) is 1. The van der Waals surface area contributed by atoms with E-state index < -0.39 is 17.7 Å². The van der Waals surface area contributed by atoms with Crippen molar-refractivity contribution in [1.82, 2.24) is 19.6 Å². The first-order chi connectivity index (χ1) is 17.6. The molecular weight excluding hydrogens is 506 g/mol. The summed E-state index contributed by atoms with van der Waals surface area (Å²) in [5, 5.41) is 13.9. The molecule has 3 aromatic rings. The normalized spacial score (nSPS) is 24.5. The van der Waals surface area contributed by atoms with Crippen LogP contribution in [0.3, 0.4) is 0 Å². The van der Waals surface area contributed by atoms with E-state index in [1.54, 1.807) is 16.2 Å². The third-order valence-electron chi connectivity index (χ3n) is 7.26. The van der Waals surface area contributed by atoms with Gasteiger partial charge in [0.1, 0.15) is 11.4 Å². The lowest BCUT2D eigenvalue weighted by molar-refractivity contribution is -0.134. The molecule has 0 radical (unpaired) electrons. The molecule has 0 spiro atoms. The van der Waals surface area contributed by atoms with Gasteiger partial charge in [-0.3, -0.25) is 9.59 Å². The van der Waals surface area contributed by atoms with E-state index in [0.29, 0.717) is 12.3 Å². The summed E-state index contributed by atoms with van der Waals surface area (Å²) in [4.78, 5) is 39.4. The summed E-state index contributed by atoms with van der Waals surface area (Å²) >= 11 is 2.93. The number of hydrogen-bond donors (Lipinski definition) is 2. The number of aliphatic hydroxyl groups is 1. The number of nitrogens with one attached hydrogen (secondary N) is 1. The molecule has 37 heavy (non-hydrogen) atoms. The van der Waals surface area contributed by atoms with Crippen molar-refractivity contribution in [2.45, 2.75) is 64.6 Å². The van der Waals surface area contributed by atoms with Gasteiger partial charge in [-0.05, 0) is 55.4 Å². The SMILES string of the molecule is Cc1cc(C(C(=O)N2C[C@H](O)C[C@H]2C2=NC(=O)C(C)(c3ccc(-c4scnc4C)cc3)N2)C(C)C)sn1. The highest BCUT2D eigenvalue weighted by molar-refractivity contribution is 7.13. The number of nitrogens with zero attached hydrogens (tertiary/aromatic N) is 4. The molecule has 4 atom stereocenters. The second kappa shape index (κ2) is 9.74. The Labute approximate surface area is 224 Å². The van der Waals surface area contributed by atoms with Gasteiger partial charge >= 0.3 is 0 Å². The molecule has 0 bridgehead atoms. The first-order valence-electron chi connectivity index (χ1n) is 12.4.